The molecule has 4 nitrogen and oxygen atoms in total. The van der Waals surface area contributed by atoms with Crippen LogP contribution >= 0.6 is 0 Å². The van der Waals surface area contributed by atoms with Crippen molar-refractivity contribution in [2.45, 2.75) is 39.3 Å². The van der Waals surface area contributed by atoms with Gasteiger partial charge in [-0.05, 0) is 56.5 Å². The number of hydrogen-bond acceptors (Lipinski definition) is 4. The molecule has 1 aliphatic carbocycles. The van der Waals surface area contributed by atoms with E-state index in [0.29, 0.717) is 0 Å². The highest BCUT2D eigenvalue weighted by atomic mass is 15.1. The molecule has 4 heteroatoms. The monoisotopic (exact) mass is 270 g/mol. The zero-order chi connectivity index (χ0) is 14.9. The van der Waals surface area contributed by atoms with Crippen LogP contribution in [-0.2, 0) is 0 Å². The molecule has 0 bridgehead atoms. The summed E-state index contributed by atoms with van der Waals surface area (Å²) in [5.74, 6) is 0. The maximum Gasteiger partial charge on any atom is 0.0891 e. The first-order valence-corrected chi connectivity index (χ1v) is 6.76. The van der Waals surface area contributed by atoms with Gasteiger partial charge >= 0.3 is 0 Å². The maximum absolute atomic E-state index is 6.33. The Labute approximate surface area is 120 Å². The van der Waals surface area contributed by atoms with Gasteiger partial charge < -0.3 is 11.5 Å². The van der Waals surface area contributed by atoms with Crippen molar-refractivity contribution >= 4 is 5.69 Å². The molecule has 0 spiro atoms. The predicted octanol–water partition coefficient (Wildman–Crippen LogP) is 3.44. The van der Waals surface area contributed by atoms with Crippen LogP contribution in [-0.4, -0.2) is 11.6 Å². The molecule has 20 heavy (non-hydrogen) atoms. The Morgan fingerprint density at radius 2 is 1.65 bits per heavy atom. The maximum atomic E-state index is 6.33. The number of benzene rings is 1. The minimum absolute atomic E-state index is 0.240. The average Bonchev–Trinajstić information content (AvgIpc) is 2.45. The Hall–Kier alpha value is -1.78. The third kappa shape index (κ3) is 2.44. The summed E-state index contributed by atoms with van der Waals surface area (Å²) in [6.45, 7) is 7.98. The summed E-state index contributed by atoms with van der Waals surface area (Å²) in [7, 11) is 0. The molecule has 106 valence electrons. The van der Waals surface area contributed by atoms with Crippen molar-refractivity contribution < 1.29 is 0 Å². The Bertz CT molecular complexity index is 594. The lowest BCUT2D eigenvalue weighted by Crippen LogP contribution is -2.56. The first-order valence-electron chi connectivity index (χ1n) is 6.76. The van der Waals surface area contributed by atoms with Gasteiger partial charge in [0.1, 0.15) is 0 Å². The molecule has 2 unspecified atom stereocenters. The Morgan fingerprint density at radius 3 is 2.25 bits per heavy atom. The van der Waals surface area contributed by atoms with Crippen molar-refractivity contribution in [3.8, 4) is 0 Å². The van der Waals surface area contributed by atoms with Crippen LogP contribution in [0.2, 0.25) is 0 Å². The van der Waals surface area contributed by atoms with Crippen molar-refractivity contribution in [1.82, 2.24) is 0 Å². The van der Waals surface area contributed by atoms with E-state index in [2.05, 4.69) is 10.2 Å². The highest BCUT2D eigenvalue weighted by Gasteiger charge is 2.37. The molecule has 2 atom stereocenters. The first-order chi connectivity index (χ1) is 9.35. The van der Waals surface area contributed by atoms with E-state index in [1.165, 1.54) is 0 Å². The summed E-state index contributed by atoms with van der Waals surface area (Å²) in [5, 5.41) is 8.68. The number of hydrogen-bond donors (Lipinski definition) is 2. The molecule has 0 fully saturated rings. The molecule has 0 saturated carbocycles. The van der Waals surface area contributed by atoms with Gasteiger partial charge in [-0.1, -0.05) is 18.2 Å². The molecule has 1 aromatic rings. The quantitative estimate of drug-likeness (QED) is 0.807. The van der Waals surface area contributed by atoms with Crippen LogP contribution in [0.25, 0.3) is 0 Å². The molecular weight excluding hydrogens is 248 g/mol. The third-order valence-electron chi connectivity index (χ3n) is 4.23. The highest BCUT2D eigenvalue weighted by molar-refractivity contribution is 5.48. The normalized spacial score (nSPS) is 27.6. The van der Waals surface area contributed by atoms with E-state index in [1.54, 1.807) is 0 Å². The molecular formula is C16H22N4. The molecule has 1 aliphatic rings. The van der Waals surface area contributed by atoms with E-state index < -0.39 is 5.54 Å². The van der Waals surface area contributed by atoms with Gasteiger partial charge in [0, 0.05) is 6.04 Å². The van der Waals surface area contributed by atoms with Crippen molar-refractivity contribution in [3.05, 3.63) is 52.7 Å². The smallest absolute Gasteiger partial charge is 0.0891 e. The van der Waals surface area contributed by atoms with Crippen LogP contribution < -0.4 is 11.5 Å². The molecule has 0 aromatic heterocycles. The Morgan fingerprint density at radius 1 is 1.05 bits per heavy atom. The zero-order valence-electron chi connectivity index (χ0n) is 12.5. The second-order valence-electron chi connectivity index (χ2n) is 5.58. The summed E-state index contributed by atoms with van der Waals surface area (Å²) in [6, 6.07) is 9.42. The van der Waals surface area contributed by atoms with E-state index in [1.807, 2.05) is 58.0 Å². The van der Waals surface area contributed by atoms with Gasteiger partial charge in [-0.25, -0.2) is 0 Å². The third-order valence-corrected chi connectivity index (χ3v) is 4.23. The summed E-state index contributed by atoms with van der Waals surface area (Å²) >= 11 is 0. The van der Waals surface area contributed by atoms with Gasteiger partial charge in [0.2, 0.25) is 0 Å². The van der Waals surface area contributed by atoms with Gasteiger partial charge in [0.15, 0.2) is 0 Å². The van der Waals surface area contributed by atoms with Gasteiger partial charge in [-0.3, -0.25) is 0 Å². The van der Waals surface area contributed by atoms with E-state index in [9.17, 15) is 0 Å². The van der Waals surface area contributed by atoms with Gasteiger partial charge in [0.25, 0.3) is 0 Å². The van der Waals surface area contributed by atoms with Gasteiger partial charge in [-0.2, -0.15) is 10.2 Å². The SMILES string of the molecule is CC1=C(C)C(C)(N)C(N)C(C)=C1N=Nc1ccccc1. The lowest BCUT2D eigenvalue weighted by Gasteiger charge is -2.38. The van der Waals surface area contributed by atoms with E-state index in [0.717, 1.165) is 28.1 Å². The standard InChI is InChI=1S/C16H22N4/c1-10-12(3)16(4,18)15(17)11(2)14(10)20-19-13-8-6-5-7-9-13/h5-9,15H,17-18H2,1-4H3. The van der Waals surface area contributed by atoms with Gasteiger partial charge in [-0.15, -0.1) is 0 Å². The highest BCUT2D eigenvalue weighted by Crippen LogP contribution is 2.35. The summed E-state index contributed by atoms with van der Waals surface area (Å²) < 4.78 is 0. The minimum Gasteiger partial charge on any atom is -0.322 e. The van der Waals surface area contributed by atoms with Crippen molar-refractivity contribution in [2.75, 3.05) is 0 Å². The minimum atomic E-state index is -0.528. The molecule has 0 heterocycles. The average molecular weight is 270 g/mol. The number of azo groups is 1. The summed E-state index contributed by atoms with van der Waals surface area (Å²) in [4.78, 5) is 0. The lowest BCUT2D eigenvalue weighted by molar-refractivity contribution is 0.458. The largest absolute Gasteiger partial charge is 0.322 e. The van der Waals surface area contributed by atoms with Crippen molar-refractivity contribution in [3.63, 3.8) is 0 Å². The van der Waals surface area contributed by atoms with Gasteiger partial charge in [0.05, 0.1) is 16.9 Å². The van der Waals surface area contributed by atoms with Crippen LogP contribution in [0.1, 0.15) is 27.7 Å². The van der Waals surface area contributed by atoms with Crippen molar-refractivity contribution in [2.24, 2.45) is 21.7 Å². The molecule has 0 amide bonds. The summed E-state index contributed by atoms with van der Waals surface area (Å²) in [6.07, 6.45) is 0. The number of nitrogens with two attached hydrogens (primary N) is 2. The molecule has 4 N–H and O–H groups in total. The predicted molar refractivity (Wildman–Crippen MR) is 82.6 cm³/mol. The fourth-order valence-corrected chi connectivity index (χ4v) is 2.46. The van der Waals surface area contributed by atoms with Crippen LogP contribution in [0, 0.1) is 0 Å². The number of allylic oxidation sites excluding steroid dienone is 1. The molecule has 0 aliphatic heterocycles. The van der Waals surface area contributed by atoms with Crippen LogP contribution in [0.5, 0.6) is 0 Å². The Kier molecular flexibility index (Phi) is 3.88. The molecule has 0 saturated heterocycles. The zero-order valence-corrected chi connectivity index (χ0v) is 12.5. The lowest BCUT2D eigenvalue weighted by atomic mass is 9.75. The molecule has 0 radical (unpaired) electrons. The molecule has 1 aromatic carbocycles. The van der Waals surface area contributed by atoms with E-state index in [4.69, 9.17) is 11.5 Å². The summed E-state index contributed by atoms with van der Waals surface area (Å²) in [5.41, 5.74) is 16.8. The van der Waals surface area contributed by atoms with Crippen molar-refractivity contribution in [1.29, 1.82) is 0 Å². The topological polar surface area (TPSA) is 76.8 Å². The Balaban J connectivity index is 2.41. The second-order valence-corrected chi connectivity index (χ2v) is 5.58. The van der Waals surface area contributed by atoms with E-state index >= 15 is 0 Å². The second kappa shape index (κ2) is 5.31. The molecule has 2 rings (SSSR count). The van der Waals surface area contributed by atoms with Crippen LogP contribution in [0.15, 0.2) is 63.0 Å². The first kappa shape index (κ1) is 14.6. The van der Waals surface area contributed by atoms with Crippen LogP contribution in [0.4, 0.5) is 5.69 Å². The van der Waals surface area contributed by atoms with E-state index in [-0.39, 0.29) is 6.04 Å². The fourth-order valence-electron chi connectivity index (χ4n) is 2.46. The number of nitrogens with zero attached hydrogens (tertiary/aromatic N) is 2. The fraction of sp³-hybridized carbons (Fsp3) is 0.375. The van der Waals surface area contributed by atoms with Crippen LogP contribution in [0.3, 0.4) is 0 Å². The number of rotatable bonds is 2.